The van der Waals surface area contributed by atoms with Gasteiger partial charge in [0, 0.05) is 37.1 Å². The fraction of sp³-hybridized carbons (Fsp3) is 0.944. The maximum Gasteiger partial charge on any atom is 0.191 e. The van der Waals surface area contributed by atoms with Crippen molar-refractivity contribution in [3.63, 3.8) is 0 Å². The molecule has 0 aromatic rings. The lowest BCUT2D eigenvalue weighted by Crippen LogP contribution is -2.51. The second-order valence-electron chi connectivity index (χ2n) is 7.89. The van der Waals surface area contributed by atoms with Gasteiger partial charge in [-0.15, -0.1) is 24.0 Å². The van der Waals surface area contributed by atoms with Gasteiger partial charge < -0.3 is 20.3 Å². The quantitative estimate of drug-likeness (QED) is 0.384. The molecule has 0 radical (unpaired) electrons. The van der Waals surface area contributed by atoms with Crippen LogP contribution in [0.3, 0.4) is 0 Å². The number of aliphatic imine (C=N–C) groups is 1. The van der Waals surface area contributed by atoms with Gasteiger partial charge in [0.1, 0.15) is 0 Å². The van der Waals surface area contributed by atoms with Crippen LogP contribution in [-0.2, 0) is 4.74 Å². The molecular formula is C18H35IN4O. The first-order valence-corrected chi connectivity index (χ1v) is 9.55. The number of hydrogen-bond acceptors (Lipinski definition) is 3. The highest BCUT2D eigenvalue weighted by molar-refractivity contribution is 14.0. The smallest absolute Gasteiger partial charge is 0.191 e. The van der Waals surface area contributed by atoms with Crippen LogP contribution in [0.2, 0.25) is 0 Å². The highest BCUT2D eigenvalue weighted by Crippen LogP contribution is 2.27. The zero-order valence-electron chi connectivity index (χ0n) is 15.4. The molecule has 0 aromatic carbocycles. The summed E-state index contributed by atoms with van der Waals surface area (Å²) >= 11 is 0. The molecule has 0 bridgehead atoms. The average Bonchev–Trinajstić information content (AvgIpc) is 3.06. The van der Waals surface area contributed by atoms with Crippen LogP contribution >= 0.6 is 24.0 Å². The molecular weight excluding hydrogens is 415 g/mol. The number of likely N-dealkylation sites (tertiary alicyclic amines) is 1. The van der Waals surface area contributed by atoms with Gasteiger partial charge in [-0.05, 0) is 32.6 Å². The Labute approximate surface area is 164 Å². The Balaban J connectivity index is 0.00000208. The van der Waals surface area contributed by atoms with Gasteiger partial charge >= 0.3 is 0 Å². The fourth-order valence-electron chi connectivity index (χ4n) is 4.00. The number of nitrogens with zero attached hydrogens (tertiary/aromatic N) is 2. The summed E-state index contributed by atoms with van der Waals surface area (Å²) in [7, 11) is 0. The molecule has 3 fully saturated rings. The Morgan fingerprint density at radius 2 is 1.83 bits per heavy atom. The van der Waals surface area contributed by atoms with Crippen molar-refractivity contribution in [3.8, 4) is 0 Å². The van der Waals surface area contributed by atoms with Crippen molar-refractivity contribution in [2.75, 3.05) is 39.4 Å². The van der Waals surface area contributed by atoms with Crippen LogP contribution in [0.5, 0.6) is 0 Å². The first-order valence-electron chi connectivity index (χ1n) is 9.55. The van der Waals surface area contributed by atoms with E-state index in [2.05, 4.69) is 29.4 Å². The van der Waals surface area contributed by atoms with Gasteiger partial charge in [0.2, 0.25) is 0 Å². The first kappa shape index (κ1) is 20.2. The SMILES string of the molecule is CCNC(=NCC1(C)COC1)NC1CCN(C2CCCC2)CC1.I. The minimum atomic E-state index is 0. The fourth-order valence-corrected chi connectivity index (χ4v) is 4.00. The van der Waals surface area contributed by atoms with E-state index in [1.165, 1.54) is 51.6 Å². The van der Waals surface area contributed by atoms with Gasteiger partial charge in [0.25, 0.3) is 0 Å². The molecule has 5 nitrogen and oxygen atoms in total. The standard InChI is InChI=1S/C18H34N4O.HI/c1-3-19-17(20-12-18(2)13-23-14-18)21-15-8-10-22(11-9-15)16-6-4-5-7-16;/h15-16H,3-14H2,1-2H3,(H2,19,20,21);1H. The van der Waals surface area contributed by atoms with Gasteiger partial charge in [-0.25, -0.2) is 0 Å². The molecule has 0 spiro atoms. The summed E-state index contributed by atoms with van der Waals surface area (Å²) in [6.45, 7) is 10.3. The maximum atomic E-state index is 5.33. The van der Waals surface area contributed by atoms with Crippen molar-refractivity contribution >= 4 is 29.9 Å². The van der Waals surface area contributed by atoms with Crippen LogP contribution < -0.4 is 10.6 Å². The number of guanidine groups is 1. The Morgan fingerprint density at radius 3 is 2.38 bits per heavy atom. The Kier molecular flexibility index (Phi) is 8.07. The summed E-state index contributed by atoms with van der Waals surface area (Å²) < 4.78 is 5.33. The van der Waals surface area contributed by atoms with Crippen LogP contribution in [0, 0.1) is 5.41 Å². The topological polar surface area (TPSA) is 48.9 Å². The maximum absolute atomic E-state index is 5.33. The largest absolute Gasteiger partial charge is 0.380 e. The van der Waals surface area contributed by atoms with Crippen molar-refractivity contribution in [2.24, 2.45) is 10.4 Å². The normalized spacial score (nSPS) is 25.8. The molecule has 0 unspecified atom stereocenters. The zero-order valence-corrected chi connectivity index (χ0v) is 17.7. The molecule has 2 saturated heterocycles. The van der Waals surface area contributed by atoms with E-state index in [0.717, 1.165) is 38.3 Å². The predicted octanol–water partition coefficient (Wildman–Crippen LogP) is 2.60. The molecule has 2 heterocycles. The van der Waals surface area contributed by atoms with E-state index in [4.69, 9.17) is 9.73 Å². The van der Waals surface area contributed by atoms with E-state index in [1.54, 1.807) is 0 Å². The third-order valence-corrected chi connectivity index (χ3v) is 5.58. The lowest BCUT2D eigenvalue weighted by molar-refractivity contribution is -0.0945. The number of hydrogen-bond donors (Lipinski definition) is 2. The Hall–Kier alpha value is -0.0800. The van der Waals surface area contributed by atoms with E-state index in [1.807, 2.05) is 0 Å². The van der Waals surface area contributed by atoms with E-state index < -0.39 is 0 Å². The van der Waals surface area contributed by atoms with Gasteiger partial charge in [-0.1, -0.05) is 19.8 Å². The van der Waals surface area contributed by atoms with Crippen molar-refractivity contribution in [2.45, 2.75) is 64.5 Å². The highest BCUT2D eigenvalue weighted by atomic mass is 127. The number of ether oxygens (including phenoxy) is 1. The predicted molar refractivity (Wildman–Crippen MR) is 110 cm³/mol. The van der Waals surface area contributed by atoms with E-state index >= 15 is 0 Å². The molecule has 0 aromatic heterocycles. The molecule has 1 aliphatic carbocycles. The second kappa shape index (κ2) is 9.57. The van der Waals surface area contributed by atoms with Gasteiger partial charge in [-0.3, -0.25) is 4.99 Å². The van der Waals surface area contributed by atoms with E-state index in [9.17, 15) is 0 Å². The molecule has 0 amide bonds. The molecule has 2 aliphatic heterocycles. The molecule has 3 rings (SSSR count). The average molecular weight is 450 g/mol. The van der Waals surface area contributed by atoms with Crippen molar-refractivity contribution < 1.29 is 4.74 Å². The Morgan fingerprint density at radius 1 is 1.17 bits per heavy atom. The molecule has 0 atom stereocenters. The van der Waals surface area contributed by atoms with Crippen molar-refractivity contribution in [1.29, 1.82) is 0 Å². The summed E-state index contributed by atoms with van der Waals surface area (Å²) in [6.07, 6.45) is 8.18. The molecule has 24 heavy (non-hydrogen) atoms. The molecule has 3 aliphatic rings. The zero-order chi connectivity index (χ0) is 16.1. The minimum Gasteiger partial charge on any atom is -0.380 e. The number of piperidine rings is 1. The van der Waals surface area contributed by atoms with Crippen LogP contribution in [0.25, 0.3) is 0 Å². The van der Waals surface area contributed by atoms with Gasteiger partial charge in [0.15, 0.2) is 5.96 Å². The molecule has 1 saturated carbocycles. The van der Waals surface area contributed by atoms with Crippen LogP contribution in [-0.4, -0.2) is 62.3 Å². The van der Waals surface area contributed by atoms with E-state index in [0.29, 0.717) is 6.04 Å². The first-order chi connectivity index (χ1) is 11.2. The van der Waals surface area contributed by atoms with Crippen LogP contribution in [0.15, 0.2) is 4.99 Å². The lowest BCUT2D eigenvalue weighted by Gasteiger charge is -2.38. The summed E-state index contributed by atoms with van der Waals surface area (Å²) in [6, 6.07) is 1.44. The number of halogens is 1. The minimum absolute atomic E-state index is 0. The summed E-state index contributed by atoms with van der Waals surface area (Å²) in [5.41, 5.74) is 0.244. The Bertz CT molecular complexity index is 400. The van der Waals surface area contributed by atoms with Crippen molar-refractivity contribution in [3.05, 3.63) is 0 Å². The number of rotatable bonds is 5. The van der Waals surface area contributed by atoms with Gasteiger partial charge in [-0.2, -0.15) is 0 Å². The third kappa shape index (κ3) is 5.46. The molecule has 2 N–H and O–H groups in total. The molecule has 140 valence electrons. The van der Waals surface area contributed by atoms with Crippen LogP contribution in [0.4, 0.5) is 0 Å². The summed E-state index contributed by atoms with van der Waals surface area (Å²) in [5.74, 6) is 0.986. The lowest BCUT2D eigenvalue weighted by atomic mass is 9.89. The highest BCUT2D eigenvalue weighted by Gasteiger charge is 2.33. The summed E-state index contributed by atoms with van der Waals surface area (Å²) in [4.78, 5) is 7.52. The van der Waals surface area contributed by atoms with E-state index in [-0.39, 0.29) is 29.4 Å². The molecule has 6 heteroatoms. The van der Waals surface area contributed by atoms with Crippen molar-refractivity contribution in [1.82, 2.24) is 15.5 Å². The monoisotopic (exact) mass is 450 g/mol. The second-order valence-corrected chi connectivity index (χ2v) is 7.89. The van der Waals surface area contributed by atoms with Gasteiger partial charge in [0.05, 0.1) is 19.8 Å². The third-order valence-electron chi connectivity index (χ3n) is 5.58. The summed E-state index contributed by atoms with van der Waals surface area (Å²) in [5, 5.41) is 7.06. The number of nitrogens with one attached hydrogen (secondary N) is 2. The van der Waals surface area contributed by atoms with Crippen LogP contribution in [0.1, 0.15) is 52.4 Å².